The normalized spacial score (nSPS) is 36.0. The third-order valence-electron chi connectivity index (χ3n) is 4.02. The van der Waals surface area contributed by atoms with Crippen LogP contribution in [0, 0.1) is 5.41 Å². The first-order valence-electron chi connectivity index (χ1n) is 5.22. The average Bonchev–Trinajstić information content (AvgIpc) is 1.99. The summed E-state index contributed by atoms with van der Waals surface area (Å²) in [4.78, 5) is 0. The minimum atomic E-state index is 0.140. The Morgan fingerprint density at radius 1 is 1.00 bits per heavy atom. The van der Waals surface area contributed by atoms with E-state index in [2.05, 4.69) is 5.32 Å². The quantitative estimate of drug-likeness (QED) is 0.592. The fourth-order valence-corrected chi connectivity index (χ4v) is 2.56. The molecular formula is C10H17NO. The molecule has 0 bridgehead atoms. The summed E-state index contributed by atoms with van der Waals surface area (Å²) >= 11 is 0. The lowest BCUT2D eigenvalue weighted by atomic mass is 9.67. The van der Waals surface area contributed by atoms with Crippen LogP contribution < -0.4 is 5.32 Å². The van der Waals surface area contributed by atoms with Gasteiger partial charge in [0.05, 0.1) is 6.61 Å². The molecule has 0 aromatic rings. The van der Waals surface area contributed by atoms with Crippen LogP contribution in [0.1, 0.15) is 38.5 Å². The van der Waals surface area contributed by atoms with Gasteiger partial charge < -0.3 is 4.74 Å². The van der Waals surface area contributed by atoms with Crippen LogP contribution in [0.25, 0.3) is 0 Å². The fraction of sp³-hybridized carbons (Fsp3) is 1.00. The standard InChI is InChI=1S/C10H17NO/c1-3-9(4-1)7-11-10(12-8-9)5-2-6-10/h11H,1-8H2. The lowest BCUT2D eigenvalue weighted by Gasteiger charge is -2.54. The molecule has 2 nitrogen and oxygen atoms in total. The highest BCUT2D eigenvalue weighted by molar-refractivity contribution is 4.99. The van der Waals surface area contributed by atoms with Gasteiger partial charge in [-0.2, -0.15) is 0 Å². The molecule has 2 saturated carbocycles. The Morgan fingerprint density at radius 3 is 2.08 bits per heavy atom. The van der Waals surface area contributed by atoms with Gasteiger partial charge in [0, 0.05) is 12.0 Å². The van der Waals surface area contributed by atoms with Gasteiger partial charge in [-0.3, -0.25) is 5.32 Å². The number of ether oxygens (including phenoxy) is 1. The minimum Gasteiger partial charge on any atom is -0.360 e. The van der Waals surface area contributed by atoms with Gasteiger partial charge in [0.25, 0.3) is 0 Å². The van der Waals surface area contributed by atoms with Crippen molar-refractivity contribution in [3.8, 4) is 0 Å². The second kappa shape index (κ2) is 2.24. The number of hydrogen-bond donors (Lipinski definition) is 1. The van der Waals surface area contributed by atoms with E-state index in [9.17, 15) is 0 Å². The number of nitrogens with one attached hydrogen (secondary N) is 1. The van der Waals surface area contributed by atoms with E-state index in [4.69, 9.17) is 4.74 Å². The zero-order chi connectivity index (χ0) is 8.07. The van der Waals surface area contributed by atoms with Gasteiger partial charge in [0.2, 0.25) is 0 Å². The van der Waals surface area contributed by atoms with Gasteiger partial charge in [-0.1, -0.05) is 6.42 Å². The molecule has 2 aliphatic carbocycles. The minimum absolute atomic E-state index is 0.140. The van der Waals surface area contributed by atoms with Crippen molar-refractivity contribution in [2.45, 2.75) is 44.2 Å². The van der Waals surface area contributed by atoms with Gasteiger partial charge >= 0.3 is 0 Å². The van der Waals surface area contributed by atoms with Gasteiger partial charge in [-0.25, -0.2) is 0 Å². The molecule has 1 heterocycles. The second-order valence-corrected chi connectivity index (χ2v) is 4.84. The van der Waals surface area contributed by atoms with Crippen molar-refractivity contribution in [1.82, 2.24) is 5.32 Å². The monoisotopic (exact) mass is 167 g/mol. The molecule has 0 radical (unpaired) electrons. The Morgan fingerprint density at radius 2 is 1.75 bits per heavy atom. The van der Waals surface area contributed by atoms with Crippen LogP contribution in [0.5, 0.6) is 0 Å². The molecule has 3 rings (SSSR count). The van der Waals surface area contributed by atoms with E-state index in [1.807, 2.05) is 0 Å². The zero-order valence-electron chi connectivity index (χ0n) is 7.57. The summed E-state index contributed by atoms with van der Waals surface area (Å²) in [6.07, 6.45) is 8.01. The molecular weight excluding hydrogens is 150 g/mol. The Labute approximate surface area is 73.7 Å². The third-order valence-corrected chi connectivity index (χ3v) is 4.02. The largest absolute Gasteiger partial charge is 0.360 e. The number of rotatable bonds is 0. The molecule has 12 heavy (non-hydrogen) atoms. The smallest absolute Gasteiger partial charge is 0.119 e. The van der Waals surface area contributed by atoms with E-state index in [-0.39, 0.29) is 5.72 Å². The van der Waals surface area contributed by atoms with Crippen LogP contribution in [0.3, 0.4) is 0 Å². The molecule has 0 aromatic heterocycles. The topological polar surface area (TPSA) is 21.3 Å². The highest BCUT2D eigenvalue weighted by atomic mass is 16.5. The highest BCUT2D eigenvalue weighted by Crippen LogP contribution is 2.47. The molecule has 68 valence electrons. The molecule has 3 aliphatic rings. The lowest BCUT2D eigenvalue weighted by Crippen LogP contribution is -2.63. The first-order chi connectivity index (χ1) is 5.83. The Hall–Kier alpha value is -0.0800. The molecule has 2 heteroatoms. The van der Waals surface area contributed by atoms with Crippen LogP contribution in [0.4, 0.5) is 0 Å². The maximum Gasteiger partial charge on any atom is 0.119 e. The molecule has 1 N–H and O–H groups in total. The predicted molar refractivity (Wildman–Crippen MR) is 46.8 cm³/mol. The van der Waals surface area contributed by atoms with Crippen molar-refractivity contribution in [3.63, 3.8) is 0 Å². The van der Waals surface area contributed by atoms with Gasteiger partial charge in [0.15, 0.2) is 0 Å². The van der Waals surface area contributed by atoms with Crippen LogP contribution in [0.2, 0.25) is 0 Å². The van der Waals surface area contributed by atoms with Crippen molar-refractivity contribution in [2.75, 3.05) is 13.2 Å². The molecule has 0 atom stereocenters. The summed E-state index contributed by atoms with van der Waals surface area (Å²) in [6, 6.07) is 0. The number of hydrogen-bond acceptors (Lipinski definition) is 2. The Bertz CT molecular complexity index is 160. The maximum absolute atomic E-state index is 5.95. The van der Waals surface area contributed by atoms with E-state index >= 15 is 0 Å². The zero-order valence-corrected chi connectivity index (χ0v) is 7.57. The predicted octanol–water partition coefficient (Wildman–Crippen LogP) is 1.66. The van der Waals surface area contributed by atoms with Crippen LogP contribution >= 0.6 is 0 Å². The molecule has 3 fully saturated rings. The SMILES string of the molecule is C1CC2(C1)CNC1(CCC1)OC2. The summed E-state index contributed by atoms with van der Waals surface area (Å²) in [5.41, 5.74) is 0.696. The van der Waals surface area contributed by atoms with Crippen molar-refractivity contribution in [3.05, 3.63) is 0 Å². The van der Waals surface area contributed by atoms with E-state index in [0.29, 0.717) is 5.41 Å². The molecule has 1 saturated heterocycles. The molecule has 2 spiro atoms. The first-order valence-corrected chi connectivity index (χ1v) is 5.22. The van der Waals surface area contributed by atoms with E-state index in [1.165, 1.54) is 45.1 Å². The van der Waals surface area contributed by atoms with Crippen molar-refractivity contribution >= 4 is 0 Å². The van der Waals surface area contributed by atoms with E-state index in [0.717, 1.165) is 6.61 Å². The van der Waals surface area contributed by atoms with Gasteiger partial charge in [-0.15, -0.1) is 0 Å². The third kappa shape index (κ3) is 0.882. The maximum atomic E-state index is 5.95. The molecule has 0 amide bonds. The molecule has 1 aliphatic heterocycles. The van der Waals surface area contributed by atoms with Crippen LogP contribution in [0.15, 0.2) is 0 Å². The summed E-state index contributed by atoms with van der Waals surface area (Å²) in [5.74, 6) is 0. The lowest BCUT2D eigenvalue weighted by molar-refractivity contribution is -0.198. The molecule has 0 aromatic carbocycles. The summed E-state index contributed by atoms with van der Waals surface area (Å²) in [5, 5.41) is 3.60. The Balaban J connectivity index is 1.65. The van der Waals surface area contributed by atoms with Crippen molar-refractivity contribution in [2.24, 2.45) is 5.41 Å². The Kier molecular flexibility index (Phi) is 1.37. The van der Waals surface area contributed by atoms with E-state index < -0.39 is 0 Å². The summed E-state index contributed by atoms with van der Waals surface area (Å²) < 4.78 is 5.95. The van der Waals surface area contributed by atoms with Crippen LogP contribution in [-0.2, 0) is 4.74 Å². The van der Waals surface area contributed by atoms with Crippen molar-refractivity contribution in [1.29, 1.82) is 0 Å². The van der Waals surface area contributed by atoms with Crippen molar-refractivity contribution < 1.29 is 4.74 Å². The van der Waals surface area contributed by atoms with Crippen LogP contribution in [-0.4, -0.2) is 18.9 Å². The highest BCUT2D eigenvalue weighted by Gasteiger charge is 2.48. The van der Waals surface area contributed by atoms with E-state index in [1.54, 1.807) is 0 Å². The average molecular weight is 167 g/mol. The van der Waals surface area contributed by atoms with Gasteiger partial charge in [0.1, 0.15) is 5.72 Å². The van der Waals surface area contributed by atoms with Gasteiger partial charge in [-0.05, 0) is 32.1 Å². The fourth-order valence-electron chi connectivity index (χ4n) is 2.56. The first kappa shape index (κ1) is 7.34. The molecule has 0 unspecified atom stereocenters. The summed E-state index contributed by atoms with van der Waals surface area (Å²) in [6.45, 7) is 2.24. The second-order valence-electron chi connectivity index (χ2n) is 4.84. The summed E-state index contributed by atoms with van der Waals surface area (Å²) in [7, 11) is 0.